The maximum Gasteiger partial charge on any atom is 0.174 e. The first-order chi connectivity index (χ1) is 9.02. The highest BCUT2D eigenvalue weighted by atomic mass is 19.1. The standard InChI is InChI=1S/C14H14F2N2O/c1-3-18-10(7-9(2)17-18)8-13(19)14-11(15)5-4-6-12(14)16/h4-7H,3,8H2,1-2H3. The summed E-state index contributed by atoms with van der Waals surface area (Å²) in [4.78, 5) is 12.0. The summed E-state index contributed by atoms with van der Waals surface area (Å²) < 4.78 is 28.7. The summed E-state index contributed by atoms with van der Waals surface area (Å²) in [6, 6.07) is 5.15. The summed E-state index contributed by atoms with van der Waals surface area (Å²) in [6.45, 7) is 4.31. The van der Waals surface area contributed by atoms with E-state index in [0.717, 1.165) is 17.8 Å². The van der Waals surface area contributed by atoms with E-state index in [1.807, 2.05) is 13.8 Å². The van der Waals surface area contributed by atoms with Crippen LogP contribution in [0.4, 0.5) is 8.78 Å². The average molecular weight is 264 g/mol. The largest absolute Gasteiger partial charge is 0.294 e. The lowest BCUT2D eigenvalue weighted by Gasteiger charge is -2.06. The summed E-state index contributed by atoms with van der Waals surface area (Å²) in [5.74, 6) is -2.24. The molecular formula is C14H14F2N2O. The van der Waals surface area contributed by atoms with E-state index >= 15 is 0 Å². The predicted molar refractivity (Wildman–Crippen MR) is 67.0 cm³/mol. The lowest BCUT2D eigenvalue weighted by Crippen LogP contribution is -2.12. The zero-order chi connectivity index (χ0) is 14.0. The molecule has 0 saturated carbocycles. The number of carbonyl (C=O) groups excluding carboxylic acids is 1. The molecule has 1 aromatic heterocycles. The Morgan fingerprint density at radius 1 is 1.32 bits per heavy atom. The molecule has 19 heavy (non-hydrogen) atoms. The fourth-order valence-electron chi connectivity index (χ4n) is 2.03. The van der Waals surface area contributed by atoms with Crippen LogP contribution in [0, 0.1) is 18.6 Å². The molecule has 1 heterocycles. The maximum atomic E-state index is 13.5. The molecule has 0 aliphatic heterocycles. The van der Waals surface area contributed by atoms with E-state index in [1.54, 1.807) is 10.7 Å². The molecule has 2 aromatic rings. The minimum absolute atomic E-state index is 0.0630. The third kappa shape index (κ3) is 2.70. The first-order valence-corrected chi connectivity index (χ1v) is 6.03. The summed E-state index contributed by atoms with van der Waals surface area (Å²) in [7, 11) is 0. The molecule has 0 radical (unpaired) electrons. The van der Waals surface area contributed by atoms with Crippen molar-refractivity contribution in [2.24, 2.45) is 0 Å². The van der Waals surface area contributed by atoms with Crippen molar-refractivity contribution in [3.05, 3.63) is 52.9 Å². The quantitative estimate of drug-likeness (QED) is 0.796. The number of benzene rings is 1. The molecule has 1 aromatic carbocycles. The Balaban J connectivity index is 2.31. The van der Waals surface area contributed by atoms with Gasteiger partial charge in [-0.15, -0.1) is 0 Å². The molecule has 0 spiro atoms. The minimum atomic E-state index is -0.829. The lowest BCUT2D eigenvalue weighted by atomic mass is 10.1. The summed E-state index contributed by atoms with van der Waals surface area (Å²) in [5.41, 5.74) is 0.954. The van der Waals surface area contributed by atoms with Gasteiger partial charge >= 0.3 is 0 Å². The molecule has 0 saturated heterocycles. The highest BCUT2D eigenvalue weighted by molar-refractivity contribution is 5.97. The van der Waals surface area contributed by atoms with Gasteiger partial charge in [-0.25, -0.2) is 8.78 Å². The molecule has 0 fully saturated rings. The molecule has 0 atom stereocenters. The minimum Gasteiger partial charge on any atom is -0.294 e. The molecule has 5 heteroatoms. The number of hydrogen-bond donors (Lipinski definition) is 0. The van der Waals surface area contributed by atoms with Gasteiger partial charge < -0.3 is 0 Å². The normalized spacial score (nSPS) is 10.7. The molecule has 0 aliphatic carbocycles. The van der Waals surface area contributed by atoms with Gasteiger partial charge in [0.15, 0.2) is 5.78 Å². The van der Waals surface area contributed by atoms with Gasteiger partial charge in [0.25, 0.3) is 0 Å². The molecule has 0 amide bonds. The SMILES string of the molecule is CCn1nc(C)cc1CC(=O)c1c(F)cccc1F. The Morgan fingerprint density at radius 2 is 1.95 bits per heavy atom. The number of rotatable bonds is 4. The van der Waals surface area contributed by atoms with E-state index in [2.05, 4.69) is 5.10 Å². The fourth-order valence-corrected chi connectivity index (χ4v) is 2.03. The summed E-state index contributed by atoms with van der Waals surface area (Å²) in [5, 5.41) is 4.20. The van der Waals surface area contributed by atoms with Crippen molar-refractivity contribution in [2.45, 2.75) is 26.8 Å². The Bertz CT molecular complexity index is 600. The van der Waals surface area contributed by atoms with Gasteiger partial charge in [0, 0.05) is 12.2 Å². The number of ketones is 1. The molecule has 0 aliphatic rings. The number of nitrogens with zero attached hydrogens (tertiary/aromatic N) is 2. The second kappa shape index (κ2) is 5.30. The van der Waals surface area contributed by atoms with Crippen LogP contribution in [-0.2, 0) is 13.0 Å². The summed E-state index contributed by atoms with van der Waals surface area (Å²) in [6.07, 6.45) is -0.0630. The summed E-state index contributed by atoms with van der Waals surface area (Å²) >= 11 is 0. The molecule has 2 rings (SSSR count). The highest BCUT2D eigenvalue weighted by Gasteiger charge is 2.19. The number of hydrogen-bond acceptors (Lipinski definition) is 2. The number of aryl methyl sites for hydroxylation is 2. The van der Waals surface area contributed by atoms with Crippen LogP contribution in [0.3, 0.4) is 0 Å². The number of Topliss-reactive ketones (excluding diaryl/α,β-unsaturated/α-hetero) is 1. The Kier molecular flexibility index (Phi) is 3.74. The van der Waals surface area contributed by atoms with Gasteiger partial charge in [-0.3, -0.25) is 9.48 Å². The number of halogens is 2. The van der Waals surface area contributed by atoms with Gasteiger partial charge in [0.1, 0.15) is 11.6 Å². The molecule has 0 N–H and O–H groups in total. The van der Waals surface area contributed by atoms with Crippen LogP contribution in [0.5, 0.6) is 0 Å². The van der Waals surface area contributed by atoms with Crippen molar-refractivity contribution in [3.63, 3.8) is 0 Å². The predicted octanol–water partition coefficient (Wildman–Crippen LogP) is 2.92. The molecular weight excluding hydrogens is 250 g/mol. The van der Waals surface area contributed by atoms with Crippen molar-refractivity contribution in [1.29, 1.82) is 0 Å². The Labute approximate surface area is 109 Å². The lowest BCUT2D eigenvalue weighted by molar-refractivity contribution is 0.0982. The molecule has 0 bridgehead atoms. The van der Waals surface area contributed by atoms with Crippen molar-refractivity contribution in [2.75, 3.05) is 0 Å². The van der Waals surface area contributed by atoms with Gasteiger partial charge in [-0.05, 0) is 32.0 Å². The monoisotopic (exact) mass is 264 g/mol. The van der Waals surface area contributed by atoms with Crippen LogP contribution < -0.4 is 0 Å². The maximum absolute atomic E-state index is 13.5. The van der Waals surface area contributed by atoms with Crippen molar-refractivity contribution in [3.8, 4) is 0 Å². The van der Waals surface area contributed by atoms with Crippen LogP contribution in [0.15, 0.2) is 24.3 Å². The topological polar surface area (TPSA) is 34.9 Å². The first-order valence-electron chi connectivity index (χ1n) is 6.03. The molecule has 100 valence electrons. The third-order valence-electron chi connectivity index (χ3n) is 2.87. The number of aromatic nitrogens is 2. The van der Waals surface area contributed by atoms with Crippen LogP contribution in [0.1, 0.15) is 28.7 Å². The van der Waals surface area contributed by atoms with Gasteiger partial charge in [-0.2, -0.15) is 5.10 Å². The van der Waals surface area contributed by atoms with Crippen LogP contribution in [0.25, 0.3) is 0 Å². The van der Waals surface area contributed by atoms with Crippen LogP contribution >= 0.6 is 0 Å². The fraction of sp³-hybridized carbons (Fsp3) is 0.286. The third-order valence-corrected chi connectivity index (χ3v) is 2.87. The highest BCUT2D eigenvalue weighted by Crippen LogP contribution is 2.16. The van der Waals surface area contributed by atoms with Gasteiger partial charge in [0.05, 0.1) is 17.7 Å². The van der Waals surface area contributed by atoms with E-state index in [1.165, 1.54) is 6.07 Å². The van der Waals surface area contributed by atoms with E-state index < -0.39 is 23.0 Å². The van der Waals surface area contributed by atoms with E-state index in [-0.39, 0.29) is 6.42 Å². The van der Waals surface area contributed by atoms with Crippen LogP contribution in [0.2, 0.25) is 0 Å². The zero-order valence-electron chi connectivity index (χ0n) is 10.8. The van der Waals surface area contributed by atoms with E-state index in [4.69, 9.17) is 0 Å². The van der Waals surface area contributed by atoms with Gasteiger partial charge in [0.2, 0.25) is 0 Å². The van der Waals surface area contributed by atoms with E-state index in [0.29, 0.717) is 12.2 Å². The van der Waals surface area contributed by atoms with Crippen molar-refractivity contribution >= 4 is 5.78 Å². The second-order valence-electron chi connectivity index (χ2n) is 4.29. The van der Waals surface area contributed by atoms with Crippen molar-refractivity contribution in [1.82, 2.24) is 9.78 Å². The first kappa shape index (κ1) is 13.4. The van der Waals surface area contributed by atoms with Crippen LogP contribution in [-0.4, -0.2) is 15.6 Å². The molecule has 0 unspecified atom stereocenters. The smallest absolute Gasteiger partial charge is 0.174 e. The van der Waals surface area contributed by atoms with Crippen molar-refractivity contribution < 1.29 is 13.6 Å². The van der Waals surface area contributed by atoms with Gasteiger partial charge in [-0.1, -0.05) is 6.07 Å². The zero-order valence-corrected chi connectivity index (χ0v) is 10.8. The Morgan fingerprint density at radius 3 is 2.53 bits per heavy atom. The Hall–Kier alpha value is -2.04. The molecule has 3 nitrogen and oxygen atoms in total. The average Bonchev–Trinajstić information content (AvgIpc) is 2.69. The number of carbonyl (C=O) groups is 1. The second-order valence-corrected chi connectivity index (χ2v) is 4.29. The van der Waals surface area contributed by atoms with E-state index in [9.17, 15) is 13.6 Å².